The summed E-state index contributed by atoms with van der Waals surface area (Å²) in [5.74, 6) is -1.60. The minimum Gasteiger partial charge on any atom is -0.479 e. The van der Waals surface area contributed by atoms with E-state index < -0.39 is 12.1 Å². The molecule has 1 unspecified atom stereocenters. The number of carboxylic acids is 1. The van der Waals surface area contributed by atoms with Crippen LogP contribution in [0.25, 0.3) is 0 Å². The summed E-state index contributed by atoms with van der Waals surface area (Å²) in [7, 11) is 3.67. The predicted octanol–water partition coefficient (Wildman–Crippen LogP) is -1.50. The summed E-state index contributed by atoms with van der Waals surface area (Å²) in [6.07, 6.45) is -1.24. The summed E-state index contributed by atoms with van der Waals surface area (Å²) >= 11 is 0. The van der Waals surface area contributed by atoms with Gasteiger partial charge >= 0.3 is 5.97 Å². The number of aliphatic hydroxyl groups is 1. The highest BCUT2D eigenvalue weighted by atomic mass is 16.4. The molecular formula is C8H16N2O4. The van der Waals surface area contributed by atoms with Gasteiger partial charge in [0.2, 0.25) is 5.91 Å². The zero-order valence-electron chi connectivity index (χ0n) is 8.36. The molecular weight excluding hydrogens is 188 g/mol. The lowest BCUT2D eigenvalue weighted by Gasteiger charge is -2.10. The van der Waals surface area contributed by atoms with Crippen molar-refractivity contribution in [3.8, 4) is 0 Å². The van der Waals surface area contributed by atoms with Gasteiger partial charge < -0.3 is 20.4 Å². The molecule has 0 aliphatic carbocycles. The zero-order valence-corrected chi connectivity index (χ0v) is 8.36. The Balaban J connectivity index is 3.59. The first kappa shape index (κ1) is 12.9. The fourth-order valence-electron chi connectivity index (χ4n) is 0.711. The minimum absolute atomic E-state index is 0.248. The number of carbonyl (C=O) groups excluding carboxylic acids is 1. The molecule has 0 aromatic carbocycles. The lowest BCUT2D eigenvalue weighted by Crippen LogP contribution is -2.37. The highest BCUT2D eigenvalue weighted by Crippen LogP contribution is 1.85. The van der Waals surface area contributed by atoms with Crippen molar-refractivity contribution in [1.82, 2.24) is 10.2 Å². The van der Waals surface area contributed by atoms with Crippen LogP contribution < -0.4 is 5.32 Å². The standard InChI is InChI=1S/C8H16N2O4/c1-10(2)4-3-7(12)9-5-6(11)8(13)14/h6,11H,3-5H2,1-2H3,(H,9,12)(H,13,14). The third-order valence-electron chi connectivity index (χ3n) is 1.56. The van der Waals surface area contributed by atoms with Crippen LogP contribution in [0, 0.1) is 0 Å². The second-order valence-electron chi connectivity index (χ2n) is 3.21. The molecule has 0 bridgehead atoms. The van der Waals surface area contributed by atoms with Gasteiger partial charge in [-0.25, -0.2) is 4.79 Å². The van der Waals surface area contributed by atoms with E-state index in [1.165, 1.54) is 0 Å². The van der Waals surface area contributed by atoms with Gasteiger partial charge in [-0.15, -0.1) is 0 Å². The third-order valence-corrected chi connectivity index (χ3v) is 1.56. The Morgan fingerprint density at radius 3 is 2.43 bits per heavy atom. The molecule has 0 saturated heterocycles. The molecule has 0 spiro atoms. The Labute approximate surface area is 82.5 Å². The number of hydrogen-bond donors (Lipinski definition) is 3. The zero-order chi connectivity index (χ0) is 11.1. The molecule has 0 rings (SSSR count). The van der Waals surface area contributed by atoms with E-state index in [4.69, 9.17) is 10.2 Å². The van der Waals surface area contributed by atoms with E-state index in [2.05, 4.69) is 5.32 Å². The maximum atomic E-state index is 11.0. The average molecular weight is 204 g/mol. The van der Waals surface area contributed by atoms with Crippen LogP contribution in [0.2, 0.25) is 0 Å². The van der Waals surface area contributed by atoms with Crippen LogP contribution in [-0.4, -0.2) is 60.3 Å². The van der Waals surface area contributed by atoms with Crippen molar-refractivity contribution in [1.29, 1.82) is 0 Å². The molecule has 0 aromatic heterocycles. The van der Waals surface area contributed by atoms with Crippen molar-refractivity contribution in [2.75, 3.05) is 27.2 Å². The monoisotopic (exact) mass is 204 g/mol. The van der Waals surface area contributed by atoms with E-state index in [1.807, 2.05) is 19.0 Å². The predicted molar refractivity (Wildman–Crippen MR) is 49.8 cm³/mol. The summed E-state index contributed by atoms with van der Waals surface area (Å²) in [6, 6.07) is 0. The van der Waals surface area contributed by atoms with Crippen molar-refractivity contribution in [2.45, 2.75) is 12.5 Å². The van der Waals surface area contributed by atoms with Gasteiger partial charge in [0.1, 0.15) is 0 Å². The number of nitrogens with one attached hydrogen (secondary N) is 1. The molecule has 0 fully saturated rings. The van der Waals surface area contributed by atoms with Gasteiger partial charge in [-0.2, -0.15) is 0 Å². The fraction of sp³-hybridized carbons (Fsp3) is 0.750. The van der Waals surface area contributed by atoms with Crippen LogP contribution in [0.3, 0.4) is 0 Å². The Morgan fingerprint density at radius 2 is 2.00 bits per heavy atom. The first-order valence-electron chi connectivity index (χ1n) is 4.25. The molecule has 0 heterocycles. The largest absolute Gasteiger partial charge is 0.479 e. The Kier molecular flexibility index (Phi) is 5.82. The molecule has 0 aromatic rings. The lowest BCUT2D eigenvalue weighted by molar-refractivity contribution is -0.146. The third kappa shape index (κ3) is 6.38. The molecule has 6 heteroatoms. The second-order valence-corrected chi connectivity index (χ2v) is 3.21. The van der Waals surface area contributed by atoms with Crippen LogP contribution in [-0.2, 0) is 9.59 Å². The van der Waals surface area contributed by atoms with Gasteiger partial charge in [-0.3, -0.25) is 4.79 Å². The van der Waals surface area contributed by atoms with Crippen LogP contribution in [0.4, 0.5) is 0 Å². The molecule has 0 aliphatic rings. The number of aliphatic hydroxyl groups excluding tert-OH is 1. The Bertz CT molecular complexity index is 206. The van der Waals surface area contributed by atoms with Crippen LogP contribution in [0.1, 0.15) is 6.42 Å². The smallest absolute Gasteiger partial charge is 0.334 e. The molecule has 3 N–H and O–H groups in total. The first-order valence-corrected chi connectivity index (χ1v) is 4.25. The molecule has 0 aliphatic heterocycles. The minimum atomic E-state index is -1.53. The molecule has 14 heavy (non-hydrogen) atoms. The summed E-state index contributed by atoms with van der Waals surface area (Å²) in [6.45, 7) is 0.344. The SMILES string of the molecule is CN(C)CCC(=O)NCC(O)C(=O)O. The van der Waals surface area contributed by atoms with E-state index in [-0.39, 0.29) is 12.5 Å². The highest BCUT2D eigenvalue weighted by Gasteiger charge is 2.13. The topological polar surface area (TPSA) is 89.9 Å². The van der Waals surface area contributed by atoms with Gasteiger partial charge in [0.05, 0.1) is 6.54 Å². The maximum Gasteiger partial charge on any atom is 0.334 e. The van der Waals surface area contributed by atoms with Crippen LogP contribution >= 0.6 is 0 Å². The van der Waals surface area contributed by atoms with Gasteiger partial charge in [0.15, 0.2) is 6.10 Å². The van der Waals surface area contributed by atoms with Crippen molar-refractivity contribution in [3.63, 3.8) is 0 Å². The molecule has 82 valence electrons. The van der Waals surface area contributed by atoms with E-state index in [9.17, 15) is 9.59 Å². The molecule has 1 atom stereocenters. The van der Waals surface area contributed by atoms with E-state index >= 15 is 0 Å². The van der Waals surface area contributed by atoms with Crippen LogP contribution in [0.5, 0.6) is 0 Å². The molecule has 0 radical (unpaired) electrons. The first-order chi connectivity index (χ1) is 6.43. The molecule has 1 amide bonds. The van der Waals surface area contributed by atoms with Crippen molar-refractivity contribution >= 4 is 11.9 Å². The van der Waals surface area contributed by atoms with Crippen LogP contribution in [0.15, 0.2) is 0 Å². The van der Waals surface area contributed by atoms with Crippen molar-refractivity contribution < 1.29 is 19.8 Å². The van der Waals surface area contributed by atoms with Gasteiger partial charge in [-0.1, -0.05) is 0 Å². The van der Waals surface area contributed by atoms with E-state index in [1.54, 1.807) is 0 Å². The van der Waals surface area contributed by atoms with E-state index in [0.29, 0.717) is 13.0 Å². The van der Waals surface area contributed by atoms with Crippen molar-refractivity contribution in [3.05, 3.63) is 0 Å². The van der Waals surface area contributed by atoms with Crippen molar-refractivity contribution in [2.24, 2.45) is 0 Å². The normalized spacial score (nSPS) is 12.6. The Morgan fingerprint density at radius 1 is 1.43 bits per heavy atom. The maximum absolute atomic E-state index is 11.0. The van der Waals surface area contributed by atoms with E-state index in [0.717, 1.165) is 0 Å². The summed E-state index contributed by atoms with van der Waals surface area (Å²) < 4.78 is 0. The van der Waals surface area contributed by atoms with Gasteiger partial charge in [0, 0.05) is 13.0 Å². The second kappa shape index (κ2) is 6.33. The van der Waals surface area contributed by atoms with Gasteiger partial charge in [-0.05, 0) is 14.1 Å². The lowest BCUT2D eigenvalue weighted by atomic mass is 10.3. The highest BCUT2D eigenvalue weighted by molar-refractivity contribution is 5.78. The molecule has 0 saturated carbocycles. The quantitative estimate of drug-likeness (QED) is 0.490. The summed E-state index contributed by atoms with van der Waals surface area (Å²) in [4.78, 5) is 23.0. The number of carboxylic acid groups (broad SMARTS) is 1. The number of nitrogens with zero attached hydrogens (tertiary/aromatic N) is 1. The Hall–Kier alpha value is -1.14. The average Bonchev–Trinajstić information content (AvgIpc) is 2.10. The number of aliphatic carboxylic acids is 1. The number of hydrogen-bond acceptors (Lipinski definition) is 4. The number of carbonyl (C=O) groups is 2. The summed E-state index contributed by atoms with van der Waals surface area (Å²) in [5, 5.41) is 19.5. The summed E-state index contributed by atoms with van der Waals surface area (Å²) in [5.41, 5.74) is 0. The molecule has 6 nitrogen and oxygen atoms in total. The van der Waals surface area contributed by atoms with Gasteiger partial charge in [0.25, 0.3) is 0 Å². The fourth-order valence-corrected chi connectivity index (χ4v) is 0.711. The number of amides is 1. The number of rotatable bonds is 6.